The zero-order valence-corrected chi connectivity index (χ0v) is 18.0. The van der Waals surface area contributed by atoms with E-state index in [-0.39, 0.29) is 24.4 Å². The Hall–Kier alpha value is -3.39. The van der Waals surface area contributed by atoms with E-state index in [4.69, 9.17) is 4.74 Å². The zero-order valence-electron chi connectivity index (χ0n) is 18.0. The van der Waals surface area contributed by atoms with Crippen LogP contribution in [0.2, 0.25) is 0 Å². The molecule has 2 amide bonds. The number of benzene rings is 2. The van der Waals surface area contributed by atoms with Crippen LogP contribution in [0.4, 0.5) is 5.69 Å². The van der Waals surface area contributed by atoms with E-state index in [0.717, 1.165) is 33.9 Å². The molecule has 1 atom stereocenters. The summed E-state index contributed by atoms with van der Waals surface area (Å²) >= 11 is 0. The molecule has 0 bridgehead atoms. The molecule has 0 spiro atoms. The summed E-state index contributed by atoms with van der Waals surface area (Å²) in [6.45, 7) is 5.41. The Balaban J connectivity index is 1.52. The Bertz CT molecular complexity index is 1110. The van der Waals surface area contributed by atoms with Crippen molar-refractivity contribution in [3.05, 3.63) is 53.9 Å². The van der Waals surface area contributed by atoms with Crippen molar-refractivity contribution in [1.29, 1.82) is 0 Å². The lowest BCUT2D eigenvalue weighted by Crippen LogP contribution is -2.51. The number of hydrogen-bond acceptors (Lipinski definition) is 5. The highest BCUT2D eigenvalue weighted by Gasteiger charge is 2.32. The van der Waals surface area contributed by atoms with Gasteiger partial charge < -0.3 is 19.9 Å². The molecule has 8 heteroatoms. The summed E-state index contributed by atoms with van der Waals surface area (Å²) in [5, 5.41) is 2.99. The molecular formula is C23H27N5O3. The molecule has 2 N–H and O–H groups in total. The molecule has 0 saturated carbocycles. The summed E-state index contributed by atoms with van der Waals surface area (Å²) in [5.74, 6) is 1.52. The monoisotopic (exact) mass is 421 g/mol. The first-order valence-corrected chi connectivity index (χ1v) is 10.3. The number of aromatic nitrogens is 2. The third-order valence-electron chi connectivity index (χ3n) is 5.67. The van der Waals surface area contributed by atoms with E-state index in [1.54, 1.807) is 14.0 Å². The van der Waals surface area contributed by atoms with E-state index in [9.17, 15) is 9.59 Å². The number of carbonyl (C=O) groups excluding carboxylic acids is 2. The van der Waals surface area contributed by atoms with Crippen molar-refractivity contribution in [1.82, 2.24) is 19.8 Å². The highest BCUT2D eigenvalue weighted by atomic mass is 16.5. The maximum atomic E-state index is 12.9. The van der Waals surface area contributed by atoms with Gasteiger partial charge >= 0.3 is 0 Å². The molecule has 1 aliphatic rings. The molecule has 31 heavy (non-hydrogen) atoms. The van der Waals surface area contributed by atoms with Crippen molar-refractivity contribution in [2.45, 2.75) is 19.9 Å². The highest BCUT2D eigenvalue weighted by molar-refractivity contribution is 5.94. The number of H-pyrrole nitrogens is 1. The Morgan fingerprint density at radius 2 is 2.03 bits per heavy atom. The molecule has 1 aliphatic heterocycles. The quantitative estimate of drug-likeness (QED) is 0.661. The van der Waals surface area contributed by atoms with Gasteiger partial charge in [-0.05, 0) is 31.2 Å². The van der Waals surface area contributed by atoms with Crippen molar-refractivity contribution in [2.24, 2.45) is 0 Å². The Kier molecular flexibility index (Phi) is 5.90. The normalized spacial score (nSPS) is 17.0. The van der Waals surface area contributed by atoms with E-state index in [1.165, 1.54) is 0 Å². The highest BCUT2D eigenvalue weighted by Crippen LogP contribution is 2.32. The number of fused-ring (bicyclic) bond motifs is 1. The molecule has 4 rings (SSSR count). The summed E-state index contributed by atoms with van der Waals surface area (Å²) in [5.41, 5.74) is 3.44. The van der Waals surface area contributed by atoms with Gasteiger partial charge in [-0.25, -0.2) is 4.98 Å². The first-order valence-electron chi connectivity index (χ1n) is 10.3. The first-order chi connectivity index (χ1) is 14.9. The van der Waals surface area contributed by atoms with E-state index >= 15 is 0 Å². The number of nitrogens with one attached hydrogen (secondary N) is 2. The fourth-order valence-electron chi connectivity index (χ4n) is 4.13. The van der Waals surface area contributed by atoms with Crippen LogP contribution < -0.4 is 10.1 Å². The lowest BCUT2D eigenvalue weighted by Gasteiger charge is -2.41. The number of hydrogen-bond donors (Lipinski definition) is 2. The maximum Gasteiger partial charge on any atom is 0.238 e. The molecule has 162 valence electrons. The van der Waals surface area contributed by atoms with Crippen molar-refractivity contribution >= 4 is 28.5 Å². The standard InChI is InChI=1S/C23H27N5O3/c1-15-24-19-9-8-17(12-20(19)25-15)26-23(30)14-28-11-10-27(16(2)29)13-21(28)18-6-4-5-7-22(18)31-3/h4-9,12,21H,10-11,13-14H2,1-3H3,(H,24,25)(H,26,30)/t21-/m0/s1. The molecule has 3 aromatic rings. The van der Waals surface area contributed by atoms with Crippen LogP contribution >= 0.6 is 0 Å². The number of methoxy groups -OCH3 is 1. The van der Waals surface area contributed by atoms with Crippen LogP contribution in [-0.2, 0) is 9.59 Å². The lowest BCUT2D eigenvalue weighted by atomic mass is 10.0. The van der Waals surface area contributed by atoms with Crippen LogP contribution in [0.3, 0.4) is 0 Å². The van der Waals surface area contributed by atoms with Crippen molar-refractivity contribution in [3.63, 3.8) is 0 Å². The van der Waals surface area contributed by atoms with Crippen molar-refractivity contribution in [2.75, 3.05) is 38.6 Å². The van der Waals surface area contributed by atoms with Crippen LogP contribution in [0.1, 0.15) is 24.4 Å². The minimum Gasteiger partial charge on any atom is -0.496 e. The fourth-order valence-corrected chi connectivity index (χ4v) is 4.13. The van der Waals surface area contributed by atoms with Gasteiger partial charge in [0, 0.05) is 37.8 Å². The number of carbonyl (C=O) groups is 2. The minimum absolute atomic E-state index is 0.0344. The number of aryl methyl sites for hydroxylation is 1. The number of aromatic amines is 1. The van der Waals surface area contributed by atoms with Crippen LogP contribution in [0, 0.1) is 6.92 Å². The Labute approximate surface area is 181 Å². The predicted molar refractivity (Wildman–Crippen MR) is 119 cm³/mol. The van der Waals surface area contributed by atoms with Gasteiger partial charge in [0.25, 0.3) is 0 Å². The van der Waals surface area contributed by atoms with E-state index in [0.29, 0.717) is 19.6 Å². The van der Waals surface area contributed by atoms with Crippen LogP contribution in [0.15, 0.2) is 42.5 Å². The number of rotatable bonds is 5. The molecule has 1 saturated heterocycles. The summed E-state index contributed by atoms with van der Waals surface area (Å²) in [7, 11) is 1.63. The topological polar surface area (TPSA) is 90.6 Å². The van der Waals surface area contributed by atoms with E-state index < -0.39 is 0 Å². The molecule has 2 aromatic carbocycles. The Morgan fingerprint density at radius 3 is 2.81 bits per heavy atom. The average Bonchev–Trinajstić information content (AvgIpc) is 3.13. The maximum absolute atomic E-state index is 12.9. The summed E-state index contributed by atoms with van der Waals surface area (Å²) in [6.07, 6.45) is 0. The van der Waals surface area contributed by atoms with E-state index in [1.807, 2.05) is 54.3 Å². The van der Waals surface area contributed by atoms with Crippen LogP contribution in [-0.4, -0.2) is 64.9 Å². The van der Waals surface area contributed by atoms with Crippen LogP contribution in [0.25, 0.3) is 11.0 Å². The van der Waals surface area contributed by atoms with Gasteiger partial charge in [-0.1, -0.05) is 18.2 Å². The van der Waals surface area contributed by atoms with Gasteiger partial charge in [-0.3, -0.25) is 14.5 Å². The largest absolute Gasteiger partial charge is 0.496 e. The molecule has 0 unspecified atom stereocenters. The predicted octanol–water partition coefficient (Wildman–Crippen LogP) is 2.72. The van der Waals surface area contributed by atoms with Crippen LogP contribution in [0.5, 0.6) is 5.75 Å². The molecular weight excluding hydrogens is 394 g/mol. The lowest BCUT2D eigenvalue weighted by molar-refractivity contribution is -0.132. The van der Waals surface area contributed by atoms with Gasteiger partial charge in [0.1, 0.15) is 11.6 Å². The second-order valence-electron chi connectivity index (χ2n) is 7.80. The molecule has 1 fully saturated rings. The summed E-state index contributed by atoms with van der Waals surface area (Å²) < 4.78 is 5.55. The number of anilines is 1. The van der Waals surface area contributed by atoms with Gasteiger partial charge in [-0.2, -0.15) is 0 Å². The summed E-state index contributed by atoms with van der Waals surface area (Å²) in [4.78, 5) is 36.4. The fraction of sp³-hybridized carbons (Fsp3) is 0.348. The number of nitrogens with zero attached hydrogens (tertiary/aromatic N) is 3. The number of imidazole rings is 1. The molecule has 0 aliphatic carbocycles. The number of ether oxygens (including phenoxy) is 1. The van der Waals surface area contributed by atoms with Crippen molar-refractivity contribution < 1.29 is 14.3 Å². The van der Waals surface area contributed by atoms with Gasteiger partial charge in [-0.15, -0.1) is 0 Å². The third-order valence-corrected chi connectivity index (χ3v) is 5.67. The minimum atomic E-state index is -0.128. The van der Waals surface area contributed by atoms with Gasteiger partial charge in [0.05, 0.1) is 30.7 Å². The average molecular weight is 422 g/mol. The number of piperazine rings is 1. The second kappa shape index (κ2) is 8.77. The molecule has 2 heterocycles. The van der Waals surface area contributed by atoms with E-state index in [2.05, 4.69) is 20.2 Å². The Morgan fingerprint density at radius 1 is 1.23 bits per heavy atom. The number of amides is 2. The van der Waals surface area contributed by atoms with Gasteiger partial charge in [0.2, 0.25) is 11.8 Å². The van der Waals surface area contributed by atoms with Gasteiger partial charge in [0.15, 0.2) is 0 Å². The molecule has 0 radical (unpaired) electrons. The third kappa shape index (κ3) is 4.54. The van der Waals surface area contributed by atoms with Crippen molar-refractivity contribution in [3.8, 4) is 5.75 Å². The molecule has 8 nitrogen and oxygen atoms in total. The first kappa shape index (κ1) is 20.9. The SMILES string of the molecule is COc1ccccc1[C@@H]1CN(C(C)=O)CCN1CC(=O)Nc1ccc2nc(C)[nH]c2c1. The summed E-state index contributed by atoms with van der Waals surface area (Å²) in [6, 6.07) is 13.3. The number of para-hydroxylation sites is 1. The second-order valence-corrected chi connectivity index (χ2v) is 7.80. The zero-order chi connectivity index (χ0) is 22.0. The molecule has 1 aromatic heterocycles. The smallest absolute Gasteiger partial charge is 0.238 e.